The van der Waals surface area contributed by atoms with Crippen LogP contribution in [0.3, 0.4) is 0 Å². The summed E-state index contributed by atoms with van der Waals surface area (Å²) in [5.41, 5.74) is -1.29. The topological polar surface area (TPSA) is 55.8 Å². The first-order valence-electron chi connectivity index (χ1n) is 9.27. The maximum absolute atomic E-state index is 13.9. The van der Waals surface area contributed by atoms with E-state index in [-0.39, 0.29) is 36.6 Å². The number of hydrogen-bond donors (Lipinski definition) is 0. The average Bonchev–Trinajstić information content (AvgIpc) is 2.58. The van der Waals surface area contributed by atoms with Gasteiger partial charge >= 0.3 is 6.09 Å². The highest BCUT2D eigenvalue weighted by atomic mass is 19.3. The molecule has 0 N–H and O–H groups in total. The first-order valence-corrected chi connectivity index (χ1v) is 9.27. The number of carbonyl (C=O) groups is 2. The number of carbonyl (C=O) groups excluding carboxylic acids is 2. The number of fused-ring (bicyclic) bond motifs is 2. The highest BCUT2D eigenvalue weighted by Gasteiger charge is 2.45. The summed E-state index contributed by atoms with van der Waals surface area (Å²) in [7, 11) is 0. The maximum atomic E-state index is 13.9. The zero-order valence-corrected chi connectivity index (χ0v) is 16.1. The van der Waals surface area contributed by atoms with Crippen LogP contribution in [0.2, 0.25) is 0 Å². The SMILES string of the molecule is CC(C)(C)OC(=O)N1C2COCC1CC(C(=O)c1ccc(C(F)F)c(F)c1)C2. The molecule has 2 heterocycles. The molecule has 3 rings (SSSR count). The van der Waals surface area contributed by atoms with Crippen molar-refractivity contribution < 1.29 is 32.2 Å². The molecule has 5 nitrogen and oxygen atoms in total. The Labute approximate surface area is 161 Å². The number of nitrogens with zero attached hydrogens (tertiary/aromatic N) is 1. The molecular weight excluding hydrogens is 375 g/mol. The fourth-order valence-corrected chi connectivity index (χ4v) is 3.84. The normalized spacial score (nSPS) is 25.0. The van der Waals surface area contributed by atoms with Gasteiger partial charge in [-0.3, -0.25) is 9.69 Å². The van der Waals surface area contributed by atoms with Crippen molar-refractivity contribution in [2.24, 2.45) is 5.92 Å². The third-order valence-corrected chi connectivity index (χ3v) is 5.02. The van der Waals surface area contributed by atoms with E-state index in [1.54, 1.807) is 25.7 Å². The first-order chi connectivity index (χ1) is 13.1. The van der Waals surface area contributed by atoms with Gasteiger partial charge in [-0.25, -0.2) is 18.0 Å². The van der Waals surface area contributed by atoms with E-state index in [1.807, 2.05) is 0 Å². The molecule has 2 bridgehead atoms. The number of piperidine rings is 1. The van der Waals surface area contributed by atoms with E-state index in [9.17, 15) is 22.8 Å². The van der Waals surface area contributed by atoms with Crippen molar-refractivity contribution in [2.75, 3.05) is 13.2 Å². The van der Waals surface area contributed by atoms with Crippen molar-refractivity contribution in [1.29, 1.82) is 0 Å². The van der Waals surface area contributed by atoms with Gasteiger partial charge in [0.2, 0.25) is 0 Å². The Morgan fingerprint density at radius 1 is 1.18 bits per heavy atom. The van der Waals surface area contributed by atoms with Crippen molar-refractivity contribution >= 4 is 11.9 Å². The molecule has 28 heavy (non-hydrogen) atoms. The van der Waals surface area contributed by atoms with E-state index in [4.69, 9.17) is 9.47 Å². The molecule has 0 radical (unpaired) electrons. The Morgan fingerprint density at radius 3 is 2.29 bits per heavy atom. The predicted molar refractivity (Wildman–Crippen MR) is 94.9 cm³/mol. The van der Waals surface area contributed by atoms with Crippen molar-refractivity contribution in [3.8, 4) is 0 Å². The van der Waals surface area contributed by atoms with Crippen LogP contribution in [-0.4, -0.2) is 47.7 Å². The summed E-state index contributed by atoms with van der Waals surface area (Å²) >= 11 is 0. The van der Waals surface area contributed by atoms with Gasteiger partial charge in [0.25, 0.3) is 6.43 Å². The summed E-state index contributed by atoms with van der Waals surface area (Å²) < 4.78 is 50.3. The minimum atomic E-state index is -2.93. The number of morpholine rings is 1. The van der Waals surface area contributed by atoms with Gasteiger partial charge in [0.15, 0.2) is 5.78 Å². The number of Topliss-reactive ketones (excluding diaryl/α,β-unsaturated/α-hetero) is 1. The number of hydrogen-bond acceptors (Lipinski definition) is 4. The molecular formula is C20H24F3NO4. The summed E-state index contributed by atoms with van der Waals surface area (Å²) in [5.74, 6) is -1.83. The average molecular weight is 399 g/mol. The van der Waals surface area contributed by atoms with Gasteiger partial charge < -0.3 is 9.47 Å². The van der Waals surface area contributed by atoms with Gasteiger partial charge in [-0.05, 0) is 45.7 Å². The Balaban J connectivity index is 1.75. The number of halogens is 3. The van der Waals surface area contributed by atoms with E-state index in [0.717, 1.165) is 12.1 Å². The Bertz CT molecular complexity index is 748. The smallest absolute Gasteiger partial charge is 0.410 e. The summed E-state index contributed by atoms with van der Waals surface area (Å²) in [6, 6.07) is 2.42. The van der Waals surface area contributed by atoms with Gasteiger partial charge in [0.1, 0.15) is 11.4 Å². The quantitative estimate of drug-likeness (QED) is 0.709. The van der Waals surface area contributed by atoms with E-state index >= 15 is 0 Å². The van der Waals surface area contributed by atoms with Gasteiger partial charge in [-0.1, -0.05) is 6.07 Å². The van der Waals surface area contributed by atoms with Gasteiger partial charge in [0, 0.05) is 11.5 Å². The van der Waals surface area contributed by atoms with Crippen LogP contribution in [0.15, 0.2) is 18.2 Å². The monoisotopic (exact) mass is 399 g/mol. The molecule has 1 amide bonds. The summed E-state index contributed by atoms with van der Waals surface area (Å²) in [6.45, 7) is 5.93. The molecule has 0 aliphatic carbocycles. The van der Waals surface area contributed by atoms with Crippen LogP contribution >= 0.6 is 0 Å². The number of amides is 1. The minimum absolute atomic E-state index is 0.0663. The number of benzene rings is 1. The molecule has 8 heteroatoms. The zero-order chi connectivity index (χ0) is 20.6. The van der Waals surface area contributed by atoms with Crippen molar-refractivity contribution in [3.63, 3.8) is 0 Å². The molecule has 0 saturated carbocycles. The molecule has 2 atom stereocenters. The number of ketones is 1. The molecule has 2 saturated heterocycles. The van der Waals surface area contributed by atoms with Gasteiger partial charge in [0.05, 0.1) is 30.9 Å². The second-order valence-electron chi connectivity index (χ2n) is 8.30. The molecule has 2 fully saturated rings. The van der Waals surface area contributed by atoms with E-state index in [1.165, 1.54) is 6.07 Å². The van der Waals surface area contributed by atoms with E-state index in [2.05, 4.69) is 0 Å². The predicted octanol–water partition coefficient (Wildman–Crippen LogP) is 4.36. The fourth-order valence-electron chi connectivity index (χ4n) is 3.84. The van der Waals surface area contributed by atoms with Crippen LogP contribution in [0.25, 0.3) is 0 Å². The van der Waals surface area contributed by atoms with Crippen LogP contribution in [0.1, 0.15) is 56.0 Å². The summed E-state index contributed by atoms with van der Waals surface area (Å²) in [5, 5.41) is 0. The van der Waals surface area contributed by atoms with Crippen LogP contribution in [0, 0.1) is 11.7 Å². The molecule has 1 aromatic rings. The lowest BCUT2D eigenvalue weighted by atomic mass is 9.80. The Hall–Kier alpha value is -2.09. The van der Waals surface area contributed by atoms with Crippen LogP contribution < -0.4 is 0 Å². The van der Waals surface area contributed by atoms with Crippen LogP contribution in [0.4, 0.5) is 18.0 Å². The number of ether oxygens (including phenoxy) is 2. The second-order valence-corrected chi connectivity index (χ2v) is 8.30. The zero-order valence-electron chi connectivity index (χ0n) is 16.1. The summed E-state index contributed by atoms with van der Waals surface area (Å²) in [4.78, 5) is 27.0. The second kappa shape index (κ2) is 7.73. The van der Waals surface area contributed by atoms with Gasteiger partial charge in [-0.15, -0.1) is 0 Å². The molecule has 2 aliphatic rings. The Morgan fingerprint density at radius 2 is 1.79 bits per heavy atom. The molecule has 0 aromatic heterocycles. The van der Waals surface area contributed by atoms with Crippen molar-refractivity contribution in [2.45, 2.75) is 57.7 Å². The Kier molecular flexibility index (Phi) is 5.70. The largest absolute Gasteiger partial charge is 0.444 e. The third kappa shape index (κ3) is 4.32. The highest BCUT2D eigenvalue weighted by molar-refractivity contribution is 5.98. The van der Waals surface area contributed by atoms with Crippen LogP contribution in [-0.2, 0) is 9.47 Å². The molecule has 1 aromatic carbocycles. The lowest BCUT2D eigenvalue weighted by molar-refractivity contribution is -0.0861. The third-order valence-electron chi connectivity index (χ3n) is 5.02. The summed E-state index contributed by atoms with van der Waals surface area (Å²) in [6.07, 6.45) is -2.67. The van der Waals surface area contributed by atoms with Crippen LogP contribution in [0.5, 0.6) is 0 Å². The highest BCUT2D eigenvalue weighted by Crippen LogP contribution is 2.35. The first kappa shape index (κ1) is 20.6. The number of alkyl halides is 2. The standard InChI is InChI=1S/C20H24F3NO4/c1-20(2,3)28-19(26)24-13-6-12(7-14(24)10-27-9-13)17(25)11-4-5-15(18(22)23)16(21)8-11/h4-5,8,12-14,18H,6-7,9-10H2,1-3H3. The molecule has 2 unspecified atom stereocenters. The van der Waals surface area contributed by atoms with Gasteiger partial charge in [-0.2, -0.15) is 0 Å². The molecule has 2 aliphatic heterocycles. The molecule has 0 spiro atoms. The lowest BCUT2D eigenvalue weighted by Gasteiger charge is -2.47. The van der Waals surface area contributed by atoms with E-state index < -0.39 is 35.4 Å². The lowest BCUT2D eigenvalue weighted by Crippen LogP contribution is -2.60. The minimum Gasteiger partial charge on any atom is -0.444 e. The fraction of sp³-hybridized carbons (Fsp3) is 0.600. The molecule has 154 valence electrons. The maximum Gasteiger partial charge on any atom is 0.410 e. The van der Waals surface area contributed by atoms with E-state index in [0.29, 0.717) is 12.8 Å². The van der Waals surface area contributed by atoms with Crippen molar-refractivity contribution in [1.82, 2.24) is 4.90 Å². The number of rotatable bonds is 3. The van der Waals surface area contributed by atoms with Crippen molar-refractivity contribution in [3.05, 3.63) is 35.1 Å².